The molecule has 0 spiro atoms. The van der Waals surface area contributed by atoms with Gasteiger partial charge in [-0.25, -0.2) is 4.98 Å². The van der Waals surface area contributed by atoms with Crippen LogP contribution >= 0.6 is 11.3 Å². The summed E-state index contributed by atoms with van der Waals surface area (Å²) in [5.41, 5.74) is 1.09. The minimum Gasteiger partial charge on any atom is -0.351 e. The summed E-state index contributed by atoms with van der Waals surface area (Å²) in [7, 11) is 2.05. The van der Waals surface area contributed by atoms with Crippen LogP contribution in [0.2, 0.25) is 0 Å². The van der Waals surface area contributed by atoms with Crippen LogP contribution in [0.1, 0.15) is 10.7 Å². The Bertz CT molecular complexity index is 344. The summed E-state index contributed by atoms with van der Waals surface area (Å²) < 4.78 is 0. The molecule has 1 aliphatic rings. The Hall–Kier alpha value is -1.10. The Morgan fingerprint density at radius 2 is 2.50 bits per heavy atom. The normalized spacial score (nSPS) is 15.9. The minimum atomic E-state index is 0.771. The lowest BCUT2D eigenvalue weighted by Gasteiger charge is -2.14. The molecule has 0 aromatic carbocycles. The van der Waals surface area contributed by atoms with Crippen molar-refractivity contribution < 1.29 is 0 Å². The van der Waals surface area contributed by atoms with Gasteiger partial charge in [-0.15, -0.1) is 11.3 Å². The predicted octanol–water partition coefficient (Wildman–Crippen LogP) is 0.843. The number of aromatic nitrogens is 1. The van der Waals surface area contributed by atoms with Gasteiger partial charge in [-0.2, -0.15) is 0 Å². The first-order valence-corrected chi connectivity index (χ1v) is 5.54. The van der Waals surface area contributed by atoms with Crippen molar-refractivity contribution in [1.29, 1.82) is 0 Å². The number of thiazole rings is 1. The van der Waals surface area contributed by atoms with Crippen LogP contribution < -0.4 is 5.32 Å². The van der Waals surface area contributed by atoms with Gasteiger partial charge in [0.15, 0.2) is 5.96 Å². The maximum atomic E-state index is 4.38. The molecule has 1 N–H and O–H groups in total. The molecule has 0 saturated heterocycles. The molecule has 0 saturated carbocycles. The van der Waals surface area contributed by atoms with Crippen LogP contribution in [-0.4, -0.2) is 36.0 Å². The van der Waals surface area contributed by atoms with Crippen LogP contribution in [0.5, 0.6) is 0 Å². The van der Waals surface area contributed by atoms with Crippen molar-refractivity contribution in [2.45, 2.75) is 13.5 Å². The SMILES string of the molecule is Cc1nc(CNC2=NCCN2C)cs1. The van der Waals surface area contributed by atoms with E-state index < -0.39 is 0 Å². The lowest BCUT2D eigenvalue weighted by atomic mass is 10.5. The number of likely N-dealkylation sites (N-methyl/N-ethyl adjacent to an activating group) is 1. The molecule has 0 aliphatic carbocycles. The maximum absolute atomic E-state index is 4.38. The molecule has 4 nitrogen and oxygen atoms in total. The Kier molecular flexibility index (Phi) is 2.67. The first-order valence-electron chi connectivity index (χ1n) is 4.66. The van der Waals surface area contributed by atoms with E-state index in [1.165, 1.54) is 0 Å². The molecule has 0 radical (unpaired) electrons. The van der Waals surface area contributed by atoms with E-state index >= 15 is 0 Å². The van der Waals surface area contributed by atoms with Crippen molar-refractivity contribution in [3.8, 4) is 0 Å². The number of guanidine groups is 1. The zero-order chi connectivity index (χ0) is 9.97. The van der Waals surface area contributed by atoms with Crippen molar-refractivity contribution in [1.82, 2.24) is 15.2 Å². The van der Waals surface area contributed by atoms with E-state index in [1.807, 2.05) is 14.0 Å². The molecule has 0 bridgehead atoms. The van der Waals surface area contributed by atoms with E-state index in [-0.39, 0.29) is 0 Å². The van der Waals surface area contributed by atoms with Gasteiger partial charge in [-0.05, 0) is 6.92 Å². The summed E-state index contributed by atoms with van der Waals surface area (Å²) in [6, 6.07) is 0. The fourth-order valence-electron chi connectivity index (χ4n) is 1.38. The Morgan fingerprint density at radius 1 is 1.64 bits per heavy atom. The topological polar surface area (TPSA) is 40.5 Å². The minimum absolute atomic E-state index is 0.771. The standard InChI is InChI=1S/C9H14N4S/c1-7-12-8(6-14-7)5-11-9-10-3-4-13(9)2/h6H,3-5H2,1-2H3,(H,10,11). The number of hydrogen-bond donors (Lipinski definition) is 1. The molecule has 0 fully saturated rings. The molecule has 1 aliphatic heterocycles. The fraction of sp³-hybridized carbons (Fsp3) is 0.556. The fourth-order valence-corrected chi connectivity index (χ4v) is 2.00. The highest BCUT2D eigenvalue weighted by Gasteiger charge is 2.11. The van der Waals surface area contributed by atoms with Crippen molar-refractivity contribution in [2.24, 2.45) is 4.99 Å². The molecule has 5 heteroatoms. The number of aryl methyl sites for hydroxylation is 1. The van der Waals surface area contributed by atoms with Gasteiger partial charge in [0.1, 0.15) is 0 Å². The summed E-state index contributed by atoms with van der Waals surface area (Å²) in [5, 5.41) is 6.48. The van der Waals surface area contributed by atoms with E-state index in [9.17, 15) is 0 Å². The second kappa shape index (κ2) is 3.96. The van der Waals surface area contributed by atoms with Gasteiger partial charge in [-0.3, -0.25) is 4.99 Å². The van der Waals surface area contributed by atoms with E-state index in [2.05, 4.69) is 25.6 Å². The number of nitrogens with one attached hydrogen (secondary N) is 1. The zero-order valence-corrected chi connectivity index (χ0v) is 9.27. The zero-order valence-electron chi connectivity index (χ0n) is 8.45. The quantitative estimate of drug-likeness (QED) is 0.786. The highest BCUT2D eigenvalue weighted by molar-refractivity contribution is 7.09. The highest BCUT2D eigenvalue weighted by atomic mass is 32.1. The third-order valence-corrected chi connectivity index (χ3v) is 2.98. The van der Waals surface area contributed by atoms with Gasteiger partial charge >= 0.3 is 0 Å². The molecule has 76 valence electrons. The predicted molar refractivity (Wildman–Crippen MR) is 58.6 cm³/mol. The van der Waals surface area contributed by atoms with E-state index in [1.54, 1.807) is 11.3 Å². The van der Waals surface area contributed by atoms with Gasteiger partial charge in [0.2, 0.25) is 0 Å². The Labute approximate surface area is 87.7 Å². The molecule has 1 aromatic rings. The number of rotatable bonds is 2. The van der Waals surface area contributed by atoms with Gasteiger partial charge < -0.3 is 10.2 Å². The summed E-state index contributed by atoms with van der Waals surface area (Å²) in [6.45, 7) is 4.70. The average Bonchev–Trinajstić information content (AvgIpc) is 2.72. The number of nitrogens with zero attached hydrogens (tertiary/aromatic N) is 3. The van der Waals surface area contributed by atoms with Gasteiger partial charge in [0, 0.05) is 19.0 Å². The first-order chi connectivity index (χ1) is 6.75. The molecule has 14 heavy (non-hydrogen) atoms. The lowest BCUT2D eigenvalue weighted by Crippen LogP contribution is -2.35. The molecule has 2 rings (SSSR count). The van der Waals surface area contributed by atoms with E-state index in [4.69, 9.17) is 0 Å². The van der Waals surface area contributed by atoms with E-state index in [0.717, 1.165) is 36.3 Å². The van der Waals surface area contributed by atoms with Crippen LogP contribution in [-0.2, 0) is 6.54 Å². The Balaban J connectivity index is 1.88. The van der Waals surface area contributed by atoms with Gasteiger partial charge in [0.25, 0.3) is 0 Å². The van der Waals surface area contributed by atoms with E-state index in [0.29, 0.717) is 0 Å². The van der Waals surface area contributed by atoms with Crippen molar-refractivity contribution in [3.63, 3.8) is 0 Å². The second-order valence-electron chi connectivity index (χ2n) is 3.34. The summed E-state index contributed by atoms with van der Waals surface area (Å²) in [5.74, 6) is 0.982. The van der Waals surface area contributed by atoms with Crippen molar-refractivity contribution in [2.75, 3.05) is 20.1 Å². The molecule has 2 heterocycles. The van der Waals surface area contributed by atoms with Crippen LogP contribution in [0.4, 0.5) is 0 Å². The molecule has 0 unspecified atom stereocenters. The molecule has 1 aromatic heterocycles. The number of hydrogen-bond acceptors (Lipinski definition) is 5. The molecule has 0 amide bonds. The molecular weight excluding hydrogens is 196 g/mol. The monoisotopic (exact) mass is 210 g/mol. The van der Waals surface area contributed by atoms with Crippen molar-refractivity contribution in [3.05, 3.63) is 16.1 Å². The average molecular weight is 210 g/mol. The summed E-state index contributed by atoms with van der Waals surface area (Å²) in [6.07, 6.45) is 0. The van der Waals surface area contributed by atoms with Crippen LogP contribution in [0, 0.1) is 6.92 Å². The highest BCUT2D eigenvalue weighted by Crippen LogP contribution is 2.07. The third-order valence-electron chi connectivity index (χ3n) is 2.15. The van der Waals surface area contributed by atoms with Crippen molar-refractivity contribution >= 4 is 17.3 Å². The first kappa shape index (κ1) is 9.45. The largest absolute Gasteiger partial charge is 0.351 e. The molecular formula is C9H14N4S. The van der Waals surface area contributed by atoms with Gasteiger partial charge in [0.05, 0.1) is 23.8 Å². The third kappa shape index (κ3) is 2.04. The summed E-state index contributed by atoms with van der Waals surface area (Å²) >= 11 is 1.68. The molecule has 0 atom stereocenters. The second-order valence-corrected chi connectivity index (χ2v) is 4.40. The maximum Gasteiger partial charge on any atom is 0.194 e. The van der Waals surface area contributed by atoms with Gasteiger partial charge in [-0.1, -0.05) is 0 Å². The summed E-state index contributed by atoms with van der Waals surface area (Å²) in [4.78, 5) is 10.8. The van der Waals surface area contributed by atoms with Crippen LogP contribution in [0.3, 0.4) is 0 Å². The van der Waals surface area contributed by atoms with Crippen LogP contribution in [0.15, 0.2) is 10.4 Å². The van der Waals surface area contributed by atoms with Crippen LogP contribution in [0.25, 0.3) is 0 Å². The number of aliphatic imine (C=N–C) groups is 1. The smallest absolute Gasteiger partial charge is 0.194 e. The lowest BCUT2D eigenvalue weighted by molar-refractivity contribution is 0.533. The Morgan fingerprint density at radius 3 is 3.07 bits per heavy atom.